The Morgan fingerprint density at radius 3 is 2.65 bits per heavy atom. The summed E-state index contributed by atoms with van der Waals surface area (Å²) < 4.78 is 7.90. The summed E-state index contributed by atoms with van der Waals surface area (Å²) in [5.41, 5.74) is 4.68. The van der Waals surface area contributed by atoms with Gasteiger partial charge in [-0.3, -0.25) is 4.79 Å². The fourth-order valence-electron chi connectivity index (χ4n) is 4.35. The van der Waals surface area contributed by atoms with Crippen molar-refractivity contribution < 1.29 is 9.53 Å². The molecule has 4 aromatic rings. The van der Waals surface area contributed by atoms with E-state index in [4.69, 9.17) is 4.74 Å². The van der Waals surface area contributed by atoms with Crippen LogP contribution in [-0.2, 0) is 10.5 Å². The fraction of sp³-hybridized carbons (Fsp3) is 0.308. The lowest BCUT2D eigenvalue weighted by Gasteiger charge is -2.37. The molecule has 0 bridgehead atoms. The molecule has 174 valence electrons. The number of hydrogen-bond donors (Lipinski definition) is 0. The van der Waals surface area contributed by atoms with Crippen molar-refractivity contribution in [2.45, 2.75) is 43.9 Å². The van der Waals surface area contributed by atoms with Gasteiger partial charge in [0.1, 0.15) is 6.10 Å². The van der Waals surface area contributed by atoms with Crippen molar-refractivity contribution in [1.82, 2.24) is 24.5 Å². The van der Waals surface area contributed by atoms with E-state index in [1.54, 1.807) is 4.52 Å². The van der Waals surface area contributed by atoms with Crippen LogP contribution in [0, 0.1) is 13.8 Å². The molecule has 0 aliphatic carbocycles. The van der Waals surface area contributed by atoms with E-state index in [1.165, 1.54) is 11.8 Å². The lowest BCUT2D eigenvalue weighted by molar-refractivity contribution is -0.0691. The Morgan fingerprint density at radius 1 is 1.06 bits per heavy atom. The van der Waals surface area contributed by atoms with Gasteiger partial charge in [0.05, 0.1) is 12.6 Å². The number of ether oxygens (including phenoxy) is 1. The van der Waals surface area contributed by atoms with Gasteiger partial charge in [-0.15, -0.1) is 5.10 Å². The molecule has 7 nitrogen and oxygen atoms in total. The first-order chi connectivity index (χ1) is 16.5. The molecule has 8 heteroatoms. The Hall–Kier alpha value is -3.23. The molecule has 1 aliphatic heterocycles. The summed E-state index contributed by atoms with van der Waals surface area (Å²) in [6.07, 6.45) is -0.164. The van der Waals surface area contributed by atoms with Gasteiger partial charge in [0.2, 0.25) is 5.16 Å². The molecule has 0 saturated carbocycles. The third-order valence-corrected chi connectivity index (χ3v) is 6.81. The highest BCUT2D eigenvalue weighted by Crippen LogP contribution is 2.28. The first-order valence-corrected chi connectivity index (χ1v) is 12.4. The molecule has 1 amide bonds. The fourth-order valence-corrected chi connectivity index (χ4v) is 5.17. The van der Waals surface area contributed by atoms with Crippen molar-refractivity contribution >= 4 is 23.4 Å². The van der Waals surface area contributed by atoms with Gasteiger partial charge in [-0.2, -0.15) is 4.98 Å². The number of aromatic nitrogens is 4. The molecule has 0 spiro atoms. The van der Waals surface area contributed by atoms with E-state index < -0.39 is 0 Å². The maximum absolute atomic E-state index is 13.6. The second-order valence-electron chi connectivity index (χ2n) is 8.65. The molecule has 2 aromatic heterocycles. The Labute approximate surface area is 203 Å². The van der Waals surface area contributed by atoms with Crippen LogP contribution in [0.1, 0.15) is 45.9 Å². The molecule has 2 unspecified atom stereocenters. The Kier molecular flexibility index (Phi) is 6.34. The zero-order valence-corrected chi connectivity index (χ0v) is 20.3. The monoisotopic (exact) mass is 473 g/mol. The van der Waals surface area contributed by atoms with Gasteiger partial charge in [0, 0.05) is 29.2 Å². The SMILES string of the molecule is Cc1cc(C)n2nc(SCc3ccccc3C(=O)N3CC(C)OC(c4ccccc4)C3)nc2n1. The summed E-state index contributed by atoms with van der Waals surface area (Å²) in [4.78, 5) is 24.5. The molecule has 34 heavy (non-hydrogen) atoms. The topological polar surface area (TPSA) is 72.6 Å². The summed E-state index contributed by atoms with van der Waals surface area (Å²) >= 11 is 1.51. The van der Waals surface area contributed by atoms with Crippen molar-refractivity contribution in [3.8, 4) is 0 Å². The van der Waals surface area contributed by atoms with E-state index >= 15 is 0 Å². The molecule has 3 heterocycles. The number of fused-ring (bicyclic) bond motifs is 1. The van der Waals surface area contributed by atoms with Gasteiger partial charge in [-0.25, -0.2) is 9.50 Å². The summed E-state index contributed by atoms with van der Waals surface area (Å²) in [5, 5.41) is 5.23. The molecule has 0 N–H and O–H groups in total. The highest BCUT2D eigenvalue weighted by molar-refractivity contribution is 7.98. The molecular formula is C26H27N5O2S. The lowest BCUT2D eigenvalue weighted by Crippen LogP contribution is -2.46. The quantitative estimate of drug-likeness (QED) is 0.394. The normalized spacial score (nSPS) is 18.4. The van der Waals surface area contributed by atoms with Gasteiger partial charge in [-0.05, 0) is 44.0 Å². The first-order valence-electron chi connectivity index (χ1n) is 11.4. The Balaban J connectivity index is 1.34. The number of morpholine rings is 1. The predicted octanol–water partition coefficient (Wildman–Crippen LogP) is 4.64. The number of carbonyl (C=O) groups excluding carboxylic acids is 1. The van der Waals surface area contributed by atoms with Crippen LogP contribution in [0.4, 0.5) is 0 Å². The van der Waals surface area contributed by atoms with Crippen LogP contribution in [0.5, 0.6) is 0 Å². The van der Waals surface area contributed by atoms with Gasteiger partial charge in [0.25, 0.3) is 11.7 Å². The summed E-state index contributed by atoms with van der Waals surface area (Å²) in [5.74, 6) is 1.22. The zero-order valence-electron chi connectivity index (χ0n) is 19.5. The van der Waals surface area contributed by atoms with Crippen LogP contribution in [0.3, 0.4) is 0 Å². The number of nitrogens with zero attached hydrogens (tertiary/aromatic N) is 5. The van der Waals surface area contributed by atoms with Crippen LogP contribution >= 0.6 is 11.8 Å². The average molecular weight is 474 g/mol. The van der Waals surface area contributed by atoms with Crippen LogP contribution in [0.25, 0.3) is 5.78 Å². The molecule has 1 aliphatic rings. The van der Waals surface area contributed by atoms with Crippen LogP contribution in [-0.4, -0.2) is 49.6 Å². The van der Waals surface area contributed by atoms with E-state index in [0.29, 0.717) is 35.3 Å². The molecule has 2 atom stereocenters. The number of amides is 1. The summed E-state index contributed by atoms with van der Waals surface area (Å²) in [6.45, 7) is 7.06. The smallest absolute Gasteiger partial charge is 0.254 e. The molecular weight excluding hydrogens is 446 g/mol. The predicted molar refractivity (Wildman–Crippen MR) is 132 cm³/mol. The highest BCUT2D eigenvalue weighted by Gasteiger charge is 2.30. The van der Waals surface area contributed by atoms with Crippen LogP contribution < -0.4 is 0 Å². The molecule has 5 rings (SSSR count). The van der Waals surface area contributed by atoms with Crippen LogP contribution in [0.2, 0.25) is 0 Å². The van der Waals surface area contributed by atoms with E-state index in [1.807, 2.05) is 74.2 Å². The third kappa shape index (κ3) is 4.69. The minimum absolute atomic E-state index is 0.0309. The van der Waals surface area contributed by atoms with Gasteiger partial charge >= 0.3 is 0 Å². The van der Waals surface area contributed by atoms with Crippen molar-refractivity contribution in [3.63, 3.8) is 0 Å². The van der Waals surface area contributed by atoms with Gasteiger partial charge < -0.3 is 9.64 Å². The van der Waals surface area contributed by atoms with E-state index in [9.17, 15) is 4.79 Å². The molecule has 0 radical (unpaired) electrons. The molecule has 1 saturated heterocycles. The second kappa shape index (κ2) is 9.56. The van der Waals surface area contributed by atoms with Gasteiger partial charge in [-0.1, -0.05) is 60.3 Å². The number of aryl methyl sites for hydroxylation is 2. The standard InChI is InChI=1S/C26H27N5O2S/c1-17-13-18(2)31-25(27-17)28-26(29-31)34-16-21-11-7-8-12-22(21)24(32)30-14-19(3)33-23(15-30)20-9-5-4-6-10-20/h4-13,19,23H,14-16H2,1-3H3. The Bertz CT molecular complexity index is 1320. The number of benzene rings is 2. The number of carbonyl (C=O) groups is 1. The number of thioether (sulfide) groups is 1. The van der Waals surface area contributed by atoms with Crippen molar-refractivity contribution in [3.05, 3.63) is 88.7 Å². The molecule has 1 fully saturated rings. The minimum Gasteiger partial charge on any atom is -0.367 e. The average Bonchev–Trinajstić information content (AvgIpc) is 3.26. The summed E-state index contributed by atoms with van der Waals surface area (Å²) in [7, 11) is 0. The van der Waals surface area contributed by atoms with Crippen LogP contribution in [0.15, 0.2) is 65.8 Å². The maximum Gasteiger partial charge on any atom is 0.254 e. The first kappa shape index (κ1) is 22.6. The van der Waals surface area contributed by atoms with Crippen molar-refractivity contribution in [2.75, 3.05) is 13.1 Å². The number of rotatable bonds is 5. The van der Waals surface area contributed by atoms with Crippen molar-refractivity contribution in [2.24, 2.45) is 0 Å². The zero-order chi connectivity index (χ0) is 23.7. The Morgan fingerprint density at radius 2 is 1.82 bits per heavy atom. The second-order valence-corrected chi connectivity index (χ2v) is 9.59. The van der Waals surface area contributed by atoms with Crippen molar-refractivity contribution in [1.29, 1.82) is 0 Å². The van der Waals surface area contributed by atoms with E-state index in [2.05, 4.69) is 27.2 Å². The summed E-state index contributed by atoms with van der Waals surface area (Å²) in [6, 6.07) is 19.9. The minimum atomic E-state index is -0.128. The third-order valence-electron chi connectivity index (χ3n) is 5.92. The largest absolute Gasteiger partial charge is 0.367 e. The van der Waals surface area contributed by atoms with E-state index in [0.717, 1.165) is 22.5 Å². The highest BCUT2D eigenvalue weighted by atomic mass is 32.2. The molecule has 2 aromatic carbocycles. The maximum atomic E-state index is 13.6. The van der Waals surface area contributed by atoms with E-state index in [-0.39, 0.29) is 18.1 Å². The van der Waals surface area contributed by atoms with Gasteiger partial charge in [0.15, 0.2) is 0 Å². The lowest BCUT2D eigenvalue weighted by atomic mass is 10.0. The number of hydrogen-bond acceptors (Lipinski definition) is 6.